The second-order valence-electron chi connectivity index (χ2n) is 4.62. The van der Waals surface area contributed by atoms with Crippen molar-refractivity contribution in [1.29, 1.82) is 0 Å². The number of benzene rings is 2. The van der Waals surface area contributed by atoms with Crippen LogP contribution < -0.4 is 15.8 Å². The predicted octanol–water partition coefficient (Wildman–Crippen LogP) is 3.26. The van der Waals surface area contributed by atoms with Crippen molar-refractivity contribution >= 4 is 11.6 Å². The molecule has 2 rings (SSSR count). The fourth-order valence-electron chi connectivity index (χ4n) is 1.87. The number of hydrogen-bond donors (Lipinski definition) is 2. The smallest absolute Gasteiger partial charge is 0.251 e. The normalized spacial score (nSPS) is 10.2. The molecule has 110 valence electrons. The molecule has 5 heteroatoms. The van der Waals surface area contributed by atoms with Crippen LogP contribution in [-0.2, 0) is 0 Å². The summed E-state index contributed by atoms with van der Waals surface area (Å²) in [5.74, 6) is 0.340. The Bertz CT molecular complexity index is 671. The molecule has 0 saturated carbocycles. The minimum absolute atomic E-state index is 0.196. The van der Waals surface area contributed by atoms with Crippen molar-refractivity contribution in [2.45, 2.75) is 13.8 Å². The zero-order valence-corrected chi connectivity index (χ0v) is 11.9. The van der Waals surface area contributed by atoms with Crippen molar-refractivity contribution in [3.63, 3.8) is 0 Å². The SMILES string of the molecule is CCNC(=O)c1ccc(N)c(Oc2ccc(F)cc2C)c1. The lowest BCUT2D eigenvalue weighted by Crippen LogP contribution is -2.22. The van der Waals surface area contributed by atoms with Gasteiger partial charge >= 0.3 is 0 Å². The molecule has 0 saturated heterocycles. The highest BCUT2D eigenvalue weighted by Gasteiger charge is 2.10. The van der Waals surface area contributed by atoms with Gasteiger partial charge in [0, 0.05) is 12.1 Å². The number of hydrogen-bond acceptors (Lipinski definition) is 3. The average molecular weight is 288 g/mol. The van der Waals surface area contributed by atoms with Crippen LogP contribution in [-0.4, -0.2) is 12.5 Å². The van der Waals surface area contributed by atoms with Gasteiger partial charge in [0.05, 0.1) is 5.69 Å². The molecule has 1 amide bonds. The van der Waals surface area contributed by atoms with E-state index in [0.717, 1.165) is 0 Å². The third-order valence-electron chi connectivity index (χ3n) is 2.97. The molecule has 0 aliphatic heterocycles. The summed E-state index contributed by atoms with van der Waals surface area (Å²) >= 11 is 0. The van der Waals surface area contributed by atoms with Crippen molar-refractivity contribution in [3.8, 4) is 11.5 Å². The van der Waals surface area contributed by atoms with E-state index in [1.54, 1.807) is 25.1 Å². The summed E-state index contributed by atoms with van der Waals surface area (Å²) in [4.78, 5) is 11.8. The zero-order valence-electron chi connectivity index (χ0n) is 11.9. The molecule has 0 spiro atoms. The molecule has 0 atom stereocenters. The van der Waals surface area contributed by atoms with Crippen LogP contribution in [0.2, 0.25) is 0 Å². The monoisotopic (exact) mass is 288 g/mol. The molecule has 0 aromatic heterocycles. The average Bonchev–Trinajstić information content (AvgIpc) is 2.44. The Balaban J connectivity index is 2.30. The first-order chi connectivity index (χ1) is 10.0. The van der Waals surface area contributed by atoms with Gasteiger partial charge in [-0.15, -0.1) is 0 Å². The zero-order chi connectivity index (χ0) is 15.4. The Hall–Kier alpha value is -2.56. The Labute approximate surface area is 122 Å². The molecule has 21 heavy (non-hydrogen) atoms. The molecule has 2 aromatic carbocycles. The number of nitrogens with two attached hydrogens (primary N) is 1. The summed E-state index contributed by atoms with van der Waals surface area (Å²) < 4.78 is 18.8. The van der Waals surface area contributed by atoms with Crippen molar-refractivity contribution < 1.29 is 13.9 Å². The van der Waals surface area contributed by atoms with Crippen molar-refractivity contribution in [2.24, 2.45) is 0 Å². The van der Waals surface area contributed by atoms with Gasteiger partial charge in [-0.25, -0.2) is 4.39 Å². The number of halogens is 1. The molecule has 2 aromatic rings. The van der Waals surface area contributed by atoms with Gasteiger partial charge in [0.2, 0.25) is 0 Å². The Morgan fingerprint density at radius 1 is 1.24 bits per heavy atom. The molecule has 3 N–H and O–H groups in total. The van der Waals surface area contributed by atoms with E-state index in [1.165, 1.54) is 18.2 Å². The van der Waals surface area contributed by atoms with E-state index < -0.39 is 0 Å². The standard InChI is InChI=1S/C16H17FN2O2/c1-3-19-16(20)11-4-6-13(18)15(9-11)21-14-7-5-12(17)8-10(14)2/h4-9H,3,18H2,1-2H3,(H,19,20). The quantitative estimate of drug-likeness (QED) is 0.849. The summed E-state index contributed by atoms with van der Waals surface area (Å²) in [6.45, 7) is 4.12. The summed E-state index contributed by atoms with van der Waals surface area (Å²) in [7, 11) is 0. The second-order valence-corrected chi connectivity index (χ2v) is 4.62. The van der Waals surface area contributed by atoms with E-state index in [-0.39, 0.29) is 11.7 Å². The largest absolute Gasteiger partial charge is 0.455 e. The summed E-state index contributed by atoms with van der Waals surface area (Å²) in [5, 5.41) is 2.71. The first-order valence-electron chi connectivity index (χ1n) is 6.63. The number of aryl methyl sites for hydroxylation is 1. The number of nitrogens with one attached hydrogen (secondary N) is 1. The van der Waals surface area contributed by atoms with Gasteiger partial charge in [0.1, 0.15) is 11.6 Å². The molecular weight excluding hydrogens is 271 g/mol. The number of amides is 1. The molecule has 0 aliphatic rings. The van der Waals surface area contributed by atoms with Crippen LogP contribution in [0.5, 0.6) is 11.5 Å². The van der Waals surface area contributed by atoms with Crippen LogP contribution in [0.4, 0.5) is 10.1 Å². The maximum atomic E-state index is 13.1. The number of carbonyl (C=O) groups is 1. The van der Waals surface area contributed by atoms with Gasteiger partial charge < -0.3 is 15.8 Å². The van der Waals surface area contributed by atoms with Crippen LogP contribution in [0.3, 0.4) is 0 Å². The molecule has 0 fully saturated rings. The van der Waals surface area contributed by atoms with Crippen LogP contribution in [0, 0.1) is 12.7 Å². The number of rotatable bonds is 4. The highest BCUT2D eigenvalue weighted by atomic mass is 19.1. The van der Waals surface area contributed by atoms with E-state index in [0.29, 0.717) is 34.9 Å². The lowest BCUT2D eigenvalue weighted by Gasteiger charge is -2.12. The number of carbonyl (C=O) groups excluding carboxylic acids is 1. The third-order valence-corrected chi connectivity index (χ3v) is 2.97. The minimum atomic E-state index is -0.330. The number of anilines is 1. The molecule has 0 unspecified atom stereocenters. The fourth-order valence-corrected chi connectivity index (χ4v) is 1.87. The Kier molecular flexibility index (Phi) is 4.42. The van der Waals surface area contributed by atoms with E-state index in [2.05, 4.69) is 5.32 Å². The van der Waals surface area contributed by atoms with E-state index in [1.807, 2.05) is 6.92 Å². The van der Waals surface area contributed by atoms with Gasteiger partial charge in [-0.1, -0.05) is 0 Å². The molecule has 0 radical (unpaired) electrons. The molecular formula is C16H17FN2O2. The molecule has 0 heterocycles. The van der Waals surface area contributed by atoms with Crippen molar-refractivity contribution in [1.82, 2.24) is 5.32 Å². The van der Waals surface area contributed by atoms with Gasteiger partial charge in [0.25, 0.3) is 5.91 Å². The number of ether oxygens (including phenoxy) is 1. The van der Waals surface area contributed by atoms with Crippen LogP contribution in [0.15, 0.2) is 36.4 Å². The van der Waals surface area contributed by atoms with Crippen LogP contribution >= 0.6 is 0 Å². The summed E-state index contributed by atoms with van der Waals surface area (Å²) in [6.07, 6.45) is 0. The maximum Gasteiger partial charge on any atom is 0.251 e. The first-order valence-corrected chi connectivity index (χ1v) is 6.63. The molecule has 4 nitrogen and oxygen atoms in total. The van der Waals surface area contributed by atoms with Crippen molar-refractivity contribution in [3.05, 3.63) is 53.3 Å². The van der Waals surface area contributed by atoms with Gasteiger partial charge in [-0.3, -0.25) is 4.79 Å². The van der Waals surface area contributed by atoms with Gasteiger partial charge in [-0.2, -0.15) is 0 Å². The molecule has 0 bridgehead atoms. The van der Waals surface area contributed by atoms with E-state index in [9.17, 15) is 9.18 Å². The Morgan fingerprint density at radius 3 is 2.67 bits per heavy atom. The maximum absolute atomic E-state index is 13.1. The number of nitrogen functional groups attached to an aromatic ring is 1. The summed E-state index contributed by atoms with van der Waals surface area (Å²) in [6, 6.07) is 9.03. The summed E-state index contributed by atoms with van der Waals surface area (Å²) in [5.41, 5.74) is 7.38. The highest BCUT2D eigenvalue weighted by molar-refractivity contribution is 5.95. The van der Waals surface area contributed by atoms with Crippen molar-refractivity contribution in [2.75, 3.05) is 12.3 Å². The Morgan fingerprint density at radius 2 is 2.00 bits per heavy atom. The minimum Gasteiger partial charge on any atom is -0.455 e. The van der Waals surface area contributed by atoms with E-state index in [4.69, 9.17) is 10.5 Å². The van der Waals surface area contributed by atoms with Crippen LogP contribution in [0.25, 0.3) is 0 Å². The fraction of sp³-hybridized carbons (Fsp3) is 0.188. The predicted molar refractivity (Wildman–Crippen MR) is 80.1 cm³/mol. The topological polar surface area (TPSA) is 64.4 Å². The third kappa shape index (κ3) is 3.51. The lowest BCUT2D eigenvalue weighted by molar-refractivity contribution is 0.0955. The second kappa shape index (κ2) is 6.26. The molecule has 0 aliphatic carbocycles. The van der Waals surface area contributed by atoms with E-state index >= 15 is 0 Å². The lowest BCUT2D eigenvalue weighted by atomic mass is 10.1. The highest BCUT2D eigenvalue weighted by Crippen LogP contribution is 2.30. The van der Waals surface area contributed by atoms with Crippen LogP contribution in [0.1, 0.15) is 22.8 Å². The van der Waals surface area contributed by atoms with Gasteiger partial charge in [-0.05, 0) is 55.8 Å². The first kappa shape index (κ1) is 14.8. The van der Waals surface area contributed by atoms with Gasteiger partial charge in [0.15, 0.2) is 5.75 Å².